The van der Waals surface area contributed by atoms with Crippen molar-refractivity contribution in [2.45, 2.75) is 31.6 Å². The smallest absolute Gasteiger partial charge is 0.339 e. The minimum absolute atomic E-state index is 0.0186. The van der Waals surface area contributed by atoms with E-state index in [9.17, 15) is 18.0 Å². The van der Waals surface area contributed by atoms with Gasteiger partial charge in [0.15, 0.2) is 0 Å². The summed E-state index contributed by atoms with van der Waals surface area (Å²) in [6.07, 6.45) is 0.289. The van der Waals surface area contributed by atoms with Crippen LogP contribution in [-0.4, -0.2) is 87.5 Å². The lowest BCUT2D eigenvalue weighted by Gasteiger charge is -2.37. The summed E-state index contributed by atoms with van der Waals surface area (Å²) in [6, 6.07) is 0. The molecular weight excluding hydrogens is 407 g/mol. The van der Waals surface area contributed by atoms with E-state index in [-0.39, 0.29) is 52.4 Å². The Bertz CT molecular complexity index is 944. The highest BCUT2D eigenvalue weighted by molar-refractivity contribution is 7.85. The molecule has 30 heavy (non-hydrogen) atoms. The minimum Gasteiger partial charge on any atom is -0.461 e. The Labute approximate surface area is 180 Å². The lowest BCUT2D eigenvalue weighted by atomic mass is 9.68. The summed E-state index contributed by atoms with van der Waals surface area (Å²) < 4.78 is 46.1. The molecule has 1 atom stereocenters. The van der Waals surface area contributed by atoms with Crippen molar-refractivity contribution in [2.75, 3.05) is 25.6 Å². The largest absolute Gasteiger partial charge is 0.461 e. The van der Waals surface area contributed by atoms with E-state index in [4.69, 9.17) is 50.1 Å². The van der Waals surface area contributed by atoms with E-state index in [1.54, 1.807) is 6.92 Å². The van der Waals surface area contributed by atoms with Crippen LogP contribution in [0, 0.1) is 0 Å². The molecule has 152 valence electrons. The lowest BCUT2D eigenvalue weighted by molar-refractivity contribution is -0.158. The maximum atomic E-state index is 12.8. The molecule has 1 heterocycles. The summed E-state index contributed by atoms with van der Waals surface area (Å²) >= 11 is 0. The first-order chi connectivity index (χ1) is 13.9. The molecule has 1 aliphatic rings. The Morgan fingerprint density at radius 1 is 1.07 bits per heavy atom. The molecule has 8 nitrogen and oxygen atoms in total. The molecule has 2 rings (SSSR count). The average molecular weight is 426 g/mol. The predicted molar refractivity (Wildman–Crippen MR) is 112 cm³/mol. The highest BCUT2D eigenvalue weighted by Gasteiger charge is 2.36. The highest BCUT2D eigenvalue weighted by Crippen LogP contribution is 2.26. The molecule has 0 bridgehead atoms. The molecule has 1 unspecified atom stereocenters. The summed E-state index contributed by atoms with van der Waals surface area (Å²) in [5, 5.41) is 0. The van der Waals surface area contributed by atoms with E-state index in [0.29, 0.717) is 13.0 Å². The summed E-state index contributed by atoms with van der Waals surface area (Å²) in [7, 11) is 19.1. The van der Waals surface area contributed by atoms with Crippen LogP contribution < -0.4 is 10.9 Å². The standard InChI is InChI=1S/C17H18B4O8S/c1-17(2-3-29-17)8-28-16(23)12-11(15(22)27-4-5-30(24,25)26)9(6-18)13(20)10(7-19)14(12)21/h2-8H2,1H3,(H,24,25,26). The number of hydrogen-bond donors (Lipinski definition) is 1. The van der Waals surface area contributed by atoms with Crippen LogP contribution in [0.5, 0.6) is 0 Å². The molecule has 0 spiro atoms. The second-order valence-electron chi connectivity index (χ2n) is 6.99. The van der Waals surface area contributed by atoms with Gasteiger partial charge in [0.05, 0.1) is 33.4 Å². The molecule has 0 aliphatic carbocycles. The van der Waals surface area contributed by atoms with Crippen LogP contribution in [0.1, 0.15) is 45.2 Å². The molecule has 0 amide bonds. The molecule has 8 radical (unpaired) electrons. The summed E-state index contributed by atoms with van der Waals surface area (Å²) in [4.78, 5) is 25.5. The van der Waals surface area contributed by atoms with Crippen LogP contribution in [0.4, 0.5) is 0 Å². The number of ether oxygens (including phenoxy) is 3. The number of carbonyl (C=O) groups is 2. The molecule has 0 saturated carbocycles. The lowest BCUT2D eigenvalue weighted by Crippen LogP contribution is -2.46. The van der Waals surface area contributed by atoms with Gasteiger partial charge in [0.25, 0.3) is 10.1 Å². The second kappa shape index (κ2) is 9.62. The van der Waals surface area contributed by atoms with Gasteiger partial charge < -0.3 is 14.2 Å². The van der Waals surface area contributed by atoms with Crippen molar-refractivity contribution in [1.29, 1.82) is 0 Å². The Morgan fingerprint density at radius 2 is 1.63 bits per heavy atom. The average Bonchev–Trinajstić information content (AvgIpc) is 2.63. The van der Waals surface area contributed by atoms with Crippen LogP contribution in [0.2, 0.25) is 0 Å². The third kappa shape index (κ3) is 5.50. The normalized spacial score (nSPS) is 18.5. The van der Waals surface area contributed by atoms with Gasteiger partial charge in [-0.1, -0.05) is 29.1 Å². The van der Waals surface area contributed by atoms with E-state index in [2.05, 4.69) is 0 Å². The Hall–Kier alpha value is -1.71. The van der Waals surface area contributed by atoms with Gasteiger partial charge in [0.1, 0.15) is 40.3 Å². The zero-order valence-electron chi connectivity index (χ0n) is 16.5. The van der Waals surface area contributed by atoms with E-state index in [1.165, 1.54) is 0 Å². The zero-order valence-corrected chi connectivity index (χ0v) is 17.3. The third-order valence-electron chi connectivity index (χ3n) is 4.78. The van der Waals surface area contributed by atoms with Crippen molar-refractivity contribution in [2.24, 2.45) is 0 Å². The molecule has 0 aromatic heterocycles. The van der Waals surface area contributed by atoms with Crippen LogP contribution in [0.25, 0.3) is 0 Å². The van der Waals surface area contributed by atoms with Crippen molar-refractivity contribution in [1.82, 2.24) is 0 Å². The number of benzene rings is 1. The van der Waals surface area contributed by atoms with Gasteiger partial charge >= 0.3 is 11.9 Å². The van der Waals surface area contributed by atoms with Crippen molar-refractivity contribution < 1.29 is 36.8 Å². The Morgan fingerprint density at radius 3 is 2.10 bits per heavy atom. The molecule has 1 fully saturated rings. The molecule has 1 N–H and O–H groups in total. The molecule has 1 aromatic carbocycles. The summed E-state index contributed by atoms with van der Waals surface area (Å²) in [5.74, 6) is -2.87. The third-order valence-corrected chi connectivity index (χ3v) is 5.46. The molecule has 1 saturated heterocycles. The highest BCUT2D eigenvalue weighted by atomic mass is 32.2. The first kappa shape index (κ1) is 24.6. The first-order valence-electron chi connectivity index (χ1n) is 9.00. The summed E-state index contributed by atoms with van der Waals surface area (Å²) in [6.45, 7) is 1.55. The van der Waals surface area contributed by atoms with Crippen LogP contribution >= 0.6 is 0 Å². The maximum Gasteiger partial charge on any atom is 0.339 e. The minimum atomic E-state index is -4.37. The number of esters is 2. The fraction of sp³-hybridized carbons (Fsp3) is 0.529. The van der Waals surface area contributed by atoms with Gasteiger partial charge in [-0.05, 0) is 12.5 Å². The van der Waals surface area contributed by atoms with Gasteiger partial charge in [-0.25, -0.2) is 9.59 Å². The second-order valence-corrected chi connectivity index (χ2v) is 8.56. The molecule has 13 heteroatoms. The number of carbonyl (C=O) groups excluding carboxylic acids is 2. The first-order valence-corrected chi connectivity index (χ1v) is 10.6. The van der Waals surface area contributed by atoms with Crippen molar-refractivity contribution in [3.8, 4) is 0 Å². The van der Waals surface area contributed by atoms with Crippen molar-refractivity contribution >= 4 is 64.4 Å². The maximum absolute atomic E-state index is 12.8. The van der Waals surface area contributed by atoms with Gasteiger partial charge in [-0.15, -0.1) is 0 Å². The number of hydrogen-bond acceptors (Lipinski definition) is 7. The molecule has 1 aliphatic heterocycles. The quantitative estimate of drug-likeness (QED) is 0.274. The topological polar surface area (TPSA) is 116 Å². The molecular formula is C17H18B4O8S. The Kier molecular flexibility index (Phi) is 7.87. The fourth-order valence-electron chi connectivity index (χ4n) is 2.93. The zero-order chi connectivity index (χ0) is 22.7. The van der Waals surface area contributed by atoms with E-state index < -0.39 is 40.0 Å². The number of rotatable bonds is 9. The van der Waals surface area contributed by atoms with Gasteiger partial charge in [-0.2, -0.15) is 8.42 Å². The van der Waals surface area contributed by atoms with E-state index >= 15 is 0 Å². The van der Waals surface area contributed by atoms with Crippen molar-refractivity contribution in [3.63, 3.8) is 0 Å². The predicted octanol–water partition coefficient (Wildman–Crippen LogP) is -2.01. The Balaban J connectivity index is 2.45. The van der Waals surface area contributed by atoms with E-state index in [0.717, 1.165) is 0 Å². The van der Waals surface area contributed by atoms with Gasteiger partial charge in [0, 0.05) is 6.42 Å². The monoisotopic (exact) mass is 426 g/mol. The molecule has 1 aromatic rings. The van der Waals surface area contributed by atoms with Gasteiger partial charge in [0.2, 0.25) is 0 Å². The van der Waals surface area contributed by atoms with Crippen LogP contribution in [0.15, 0.2) is 0 Å². The van der Waals surface area contributed by atoms with E-state index in [1.807, 2.05) is 0 Å². The van der Waals surface area contributed by atoms with Crippen LogP contribution in [-0.2, 0) is 37.0 Å². The fourth-order valence-corrected chi connectivity index (χ4v) is 3.23. The SMILES string of the molecule is [B]Cc1c([B])c(C[B])c(C(=O)OCCS(=O)(=O)O)c(C(=O)OCC2(C)CCO2)c1[B]. The van der Waals surface area contributed by atoms with Gasteiger partial charge in [-0.3, -0.25) is 4.55 Å². The van der Waals surface area contributed by atoms with Crippen molar-refractivity contribution in [3.05, 3.63) is 22.3 Å². The van der Waals surface area contributed by atoms with Crippen LogP contribution in [0.3, 0.4) is 0 Å². The summed E-state index contributed by atoms with van der Waals surface area (Å²) in [5.41, 5.74) is -1.19.